The van der Waals surface area contributed by atoms with Crippen LogP contribution >= 0.6 is 0 Å². The quantitative estimate of drug-likeness (QED) is 0.855. The Hall–Kier alpha value is -1.98. The number of aryl methyl sites for hydroxylation is 2. The second-order valence-corrected chi connectivity index (χ2v) is 3.99. The highest BCUT2D eigenvalue weighted by Gasteiger charge is 2.13. The van der Waals surface area contributed by atoms with Gasteiger partial charge >= 0.3 is 0 Å². The Morgan fingerprint density at radius 2 is 1.94 bits per heavy atom. The maximum absolute atomic E-state index is 13.4. The number of rotatable bonds is 3. The van der Waals surface area contributed by atoms with E-state index in [9.17, 15) is 13.2 Å². The molecule has 0 saturated carbocycles. The Kier molecular flexibility index (Phi) is 3.27. The third-order valence-electron chi connectivity index (χ3n) is 2.62. The van der Waals surface area contributed by atoms with Gasteiger partial charge in [0.05, 0.1) is 11.4 Å². The van der Waals surface area contributed by atoms with Gasteiger partial charge in [0.25, 0.3) is 0 Å². The molecule has 1 N–H and O–H groups in total. The van der Waals surface area contributed by atoms with Crippen molar-refractivity contribution in [2.24, 2.45) is 7.05 Å². The first kappa shape index (κ1) is 12.5. The highest BCUT2D eigenvalue weighted by molar-refractivity contribution is 5.46. The molecular weight excluding hydrogens is 243 g/mol. The molecule has 1 aromatic heterocycles. The Morgan fingerprint density at radius 3 is 2.56 bits per heavy atom. The van der Waals surface area contributed by atoms with E-state index in [-0.39, 0.29) is 5.69 Å². The van der Waals surface area contributed by atoms with Gasteiger partial charge in [-0.15, -0.1) is 0 Å². The topological polar surface area (TPSA) is 29.9 Å². The summed E-state index contributed by atoms with van der Waals surface area (Å²) in [5, 5.41) is 6.84. The maximum Gasteiger partial charge on any atom is 0.196 e. The molecule has 1 heterocycles. The van der Waals surface area contributed by atoms with E-state index in [2.05, 4.69) is 10.4 Å². The van der Waals surface area contributed by atoms with Gasteiger partial charge < -0.3 is 5.32 Å². The molecule has 2 rings (SSSR count). The van der Waals surface area contributed by atoms with Crippen LogP contribution in [0.15, 0.2) is 18.3 Å². The summed E-state index contributed by atoms with van der Waals surface area (Å²) in [7, 11) is 1.77. The molecular formula is C12H12F3N3. The van der Waals surface area contributed by atoms with Crippen molar-refractivity contribution < 1.29 is 13.2 Å². The van der Waals surface area contributed by atoms with Crippen molar-refractivity contribution in [2.45, 2.75) is 13.5 Å². The van der Waals surface area contributed by atoms with Crippen molar-refractivity contribution in [3.63, 3.8) is 0 Å². The predicted octanol–water partition coefficient (Wildman–Crippen LogP) is 2.76. The minimum atomic E-state index is -1.47. The van der Waals surface area contributed by atoms with Crippen LogP contribution in [0.5, 0.6) is 0 Å². The molecule has 2 aromatic rings. The largest absolute Gasteiger partial charge is 0.378 e. The second-order valence-electron chi connectivity index (χ2n) is 3.99. The van der Waals surface area contributed by atoms with Crippen LogP contribution in [0.2, 0.25) is 0 Å². The molecule has 1 aromatic carbocycles. The van der Waals surface area contributed by atoms with Crippen molar-refractivity contribution in [1.82, 2.24) is 9.78 Å². The van der Waals surface area contributed by atoms with Crippen LogP contribution in [0, 0.1) is 24.4 Å². The van der Waals surface area contributed by atoms with E-state index in [1.165, 1.54) is 6.07 Å². The minimum absolute atomic E-state index is 0.0721. The third-order valence-corrected chi connectivity index (χ3v) is 2.62. The summed E-state index contributed by atoms with van der Waals surface area (Å²) in [6.07, 6.45) is 1.78. The molecule has 0 radical (unpaired) electrons. The first-order chi connectivity index (χ1) is 8.49. The lowest BCUT2D eigenvalue weighted by Crippen LogP contribution is -2.04. The van der Waals surface area contributed by atoms with Gasteiger partial charge in [0.15, 0.2) is 17.5 Å². The first-order valence-electron chi connectivity index (χ1n) is 5.35. The molecule has 0 spiro atoms. The Balaban J connectivity index is 2.16. The van der Waals surface area contributed by atoms with Crippen LogP contribution in [0.3, 0.4) is 0 Å². The number of nitrogens with zero attached hydrogens (tertiary/aromatic N) is 2. The van der Waals surface area contributed by atoms with Gasteiger partial charge in [-0.1, -0.05) is 0 Å². The number of hydrogen-bond acceptors (Lipinski definition) is 2. The molecule has 96 valence electrons. The van der Waals surface area contributed by atoms with Crippen molar-refractivity contribution >= 4 is 5.69 Å². The molecule has 6 heteroatoms. The van der Waals surface area contributed by atoms with Crippen LogP contribution < -0.4 is 5.32 Å². The summed E-state index contributed by atoms with van der Waals surface area (Å²) < 4.78 is 40.7. The van der Waals surface area contributed by atoms with E-state index < -0.39 is 17.5 Å². The molecule has 0 fully saturated rings. The molecule has 0 unspecified atom stereocenters. The van der Waals surface area contributed by atoms with Crippen LogP contribution in [0.1, 0.15) is 11.3 Å². The van der Waals surface area contributed by atoms with Crippen molar-refractivity contribution in [1.29, 1.82) is 0 Å². The van der Waals surface area contributed by atoms with E-state index in [0.29, 0.717) is 6.54 Å². The number of aromatic nitrogens is 2. The van der Waals surface area contributed by atoms with E-state index in [1.807, 2.05) is 6.92 Å². The second kappa shape index (κ2) is 4.72. The number of hydrogen-bond donors (Lipinski definition) is 1. The molecule has 0 aliphatic heterocycles. The van der Waals surface area contributed by atoms with Crippen molar-refractivity contribution in [3.8, 4) is 0 Å². The van der Waals surface area contributed by atoms with E-state index in [4.69, 9.17) is 0 Å². The predicted molar refractivity (Wildman–Crippen MR) is 61.6 cm³/mol. The van der Waals surface area contributed by atoms with Gasteiger partial charge in [-0.25, -0.2) is 13.2 Å². The minimum Gasteiger partial charge on any atom is -0.378 e. The lowest BCUT2D eigenvalue weighted by Gasteiger charge is -2.07. The lowest BCUT2D eigenvalue weighted by molar-refractivity contribution is 0.449. The van der Waals surface area contributed by atoms with E-state index in [0.717, 1.165) is 17.3 Å². The zero-order valence-corrected chi connectivity index (χ0v) is 9.97. The molecule has 3 nitrogen and oxygen atoms in total. The van der Waals surface area contributed by atoms with E-state index >= 15 is 0 Å². The van der Waals surface area contributed by atoms with Crippen LogP contribution in [-0.4, -0.2) is 9.78 Å². The molecule has 0 bridgehead atoms. The highest BCUT2D eigenvalue weighted by atomic mass is 19.2. The van der Waals surface area contributed by atoms with Crippen molar-refractivity contribution in [2.75, 3.05) is 5.32 Å². The summed E-state index contributed by atoms with van der Waals surface area (Å²) in [5.41, 5.74) is 1.59. The average Bonchev–Trinajstić information content (AvgIpc) is 2.64. The summed E-state index contributed by atoms with van der Waals surface area (Å²) in [6, 6.07) is 2.05. The number of halogens is 3. The maximum atomic E-state index is 13.4. The van der Waals surface area contributed by atoms with Gasteiger partial charge in [0, 0.05) is 25.4 Å². The zero-order chi connectivity index (χ0) is 13.3. The fourth-order valence-corrected chi connectivity index (χ4v) is 1.68. The fourth-order valence-electron chi connectivity index (χ4n) is 1.68. The standard InChI is InChI=1S/C12H12F3N3/c1-7-8(6-18(2)17-7)5-16-10-4-3-9(13)11(14)12(10)15/h3-4,6,16H,5H2,1-2H3. The Bertz CT molecular complexity index is 578. The van der Waals surface area contributed by atoms with Crippen LogP contribution in [0.4, 0.5) is 18.9 Å². The van der Waals surface area contributed by atoms with Crippen molar-refractivity contribution in [3.05, 3.63) is 47.0 Å². The molecule has 0 saturated heterocycles. The summed E-state index contributed by atoms with van der Waals surface area (Å²) in [4.78, 5) is 0. The smallest absolute Gasteiger partial charge is 0.196 e. The molecule has 0 aliphatic carbocycles. The Morgan fingerprint density at radius 1 is 1.22 bits per heavy atom. The van der Waals surface area contributed by atoms with Gasteiger partial charge in [0.1, 0.15) is 0 Å². The molecule has 0 amide bonds. The normalized spacial score (nSPS) is 10.7. The van der Waals surface area contributed by atoms with Crippen LogP contribution in [0.25, 0.3) is 0 Å². The summed E-state index contributed by atoms with van der Waals surface area (Å²) >= 11 is 0. The van der Waals surface area contributed by atoms with Gasteiger partial charge in [-0.2, -0.15) is 5.10 Å². The monoisotopic (exact) mass is 255 g/mol. The summed E-state index contributed by atoms with van der Waals surface area (Å²) in [5.74, 6) is -3.88. The number of anilines is 1. The van der Waals surface area contributed by atoms with E-state index in [1.54, 1.807) is 17.9 Å². The average molecular weight is 255 g/mol. The lowest BCUT2D eigenvalue weighted by atomic mass is 10.2. The zero-order valence-electron chi connectivity index (χ0n) is 9.97. The first-order valence-corrected chi connectivity index (χ1v) is 5.35. The summed E-state index contributed by atoms with van der Waals surface area (Å²) in [6.45, 7) is 2.11. The fraction of sp³-hybridized carbons (Fsp3) is 0.250. The SMILES string of the molecule is Cc1nn(C)cc1CNc1ccc(F)c(F)c1F. The third kappa shape index (κ3) is 2.32. The molecule has 18 heavy (non-hydrogen) atoms. The van der Waals surface area contributed by atoms with Gasteiger partial charge in [-0.3, -0.25) is 4.68 Å². The molecule has 0 aliphatic rings. The van der Waals surface area contributed by atoms with Crippen LogP contribution in [-0.2, 0) is 13.6 Å². The van der Waals surface area contributed by atoms with Gasteiger partial charge in [-0.05, 0) is 19.1 Å². The van der Waals surface area contributed by atoms with Gasteiger partial charge in [0.2, 0.25) is 0 Å². The highest BCUT2D eigenvalue weighted by Crippen LogP contribution is 2.20. The molecule has 0 atom stereocenters. The number of nitrogens with one attached hydrogen (secondary N) is 1. The number of benzene rings is 1. The Labute approximate surface area is 102 Å².